The van der Waals surface area contributed by atoms with Crippen LogP contribution in [0.25, 0.3) is 33.4 Å². The number of hydrogen-bond acceptors (Lipinski definition) is 6. The largest absolute Gasteiger partial charge is 0.417 e. The van der Waals surface area contributed by atoms with Crippen LogP contribution in [0.5, 0.6) is 0 Å². The SMILES string of the molecule is Cn1nc2c3c(c(-c4c(C(N)=O)cc(F)cc4C(F)(F)F)cc2c1-c1ccnn1C1CCCCO1)C(O)(c1cc(F)ccc1Cl)NC3=O. The van der Waals surface area contributed by atoms with Gasteiger partial charge in [-0.2, -0.15) is 23.4 Å². The number of hydrogen-bond donors (Lipinski definition) is 3. The maximum atomic E-state index is 14.7. The maximum absolute atomic E-state index is 14.7. The fraction of sp³-hybridized carbons (Fsp3) is 0.250. The molecule has 0 radical (unpaired) electrons. The van der Waals surface area contributed by atoms with Crippen LogP contribution in [0.15, 0.2) is 48.7 Å². The van der Waals surface area contributed by atoms with Crippen LogP contribution in [0.3, 0.4) is 0 Å². The first kappa shape index (κ1) is 31.7. The minimum Gasteiger partial charge on any atom is -0.366 e. The highest BCUT2D eigenvalue weighted by molar-refractivity contribution is 6.31. The first-order chi connectivity index (χ1) is 22.7. The van der Waals surface area contributed by atoms with Gasteiger partial charge < -0.3 is 20.9 Å². The summed E-state index contributed by atoms with van der Waals surface area (Å²) in [6, 6.07) is 6.42. The number of rotatable bonds is 5. The third-order valence-electron chi connectivity index (χ3n) is 8.61. The van der Waals surface area contributed by atoms with Gasteiger partial charge in [-0.1, -0.05) is 11.6 Å². The molecule has 48 heavy (non-hydrogen) atoms. The quantitative estimate of drug-likeness (QED) is 0.200. The maximum Gasteiger partial charge on any atom is 0.417 e. The molecule has 0 aliphatic carbocycles. The fourth-order valence-electron chi connectivity index (χ4n) is 6.66. The molecule has 2 unspecified atom stereocenters. The molecule has 0 spiro atoms. The summed E-state index contributed by atoms with van der Waals surface area (Å²) in [5.41, 5.74) is -1.84. The number of amides is 2. The number of benzene rings is 3. The molecule has 5 aromatic rings. The second-order valence-corrected chi connectivity index (χ2v) is 12.0. The predicted octanol–water partition coefficient (Wildman–Crippen LogP) is 5.79. The lowest BCUT2D eigenvalue weighted by Crippen LogP contribution is -2.41. The molecule has 16 heteroatoms. The normalized spacial score (nSPS) is 19.5. The second kappa shape index (κ2) is 11.1. The number of carbonyl (C=O) groups is 2. The van der Waals surface area contributed by atoms with E-state index in [1.54, 1.807) is 10.7 Å². The molecule has 10 nitrogen and oxygen atoms in total. The van der Waals surface area contributed by atoms with E-state index in [1.165, 1.54) is 24.0 Å². The third kappa shape index (κ3) is 4.83. The molecule has 2 aliphatic rings. The van der Waals surface area contributed by atoms with Gasteiger partial charge in [-0.3, -0.25) is 14.3 Å². The van der Waals surface area contributed by atoms with E-state index in [2.05, 4.69) is 15.5 Å². The lowest BCUT2D eigenvalue weighted by molar-refractivity contribution is -0.137. The van der Waals surface area contributed by atoms with E-state index >= 15 is 0 Å². The van der Waals surface area contributed by atoms with Gasteiger partial charge in [0.2, 0.25) is 5.91 Å². The minimum atomic E-state index is -5.26. The van der Waals surface area contributed by atoms with Crippen LogP contribution in [0.4, 0.5) is 22.0 Å². The number of aryl methyl sites for hydroxylation is 1. The van der Waals surface area contributed by atoms with Crippen LogP contribution in [0, 0.1) is 11.6 Å². The number of carbonyl (C=O) groups excluding carboxylic acids is 2. The first-order valence-corrected chi connectivity index (χ1v) is 15.0. The van der Waals surface area contributed by atoms with E-state index < -0.39 is 75.0 Å². The summed E-state index contributed by atoms with van der Waals surface area (Å²) >= 11 is 6.37. The highest BCUT2D eigenvalue weighted by Crippen LogP contribution is 2.50. The Bertz CT molecular complexity index is 2170. The Morgan fingerprint density at radius 1 is 1.12 bits per heavy atom. The van der Waals surface area contributed by atoms with Gasteiger partial charge >= 0.3 is 6.18 Å². The second-order valence-electron chi connectivity index (χ2n) is 11.6. The average molecular weight is 687 g/mol. The predicted molar refractivity (Wildman–Crippen MR) is 162 cm³/mol. The van der Waals surface area contributed by atoms with Gasteiger partial charge in [-0.25, -0.2) is 13.5 Å². The molecule has 1 saturated heterocycles. The number of alkyl halides is 3. The number of nitrogens with two attached hydrogens (primary N) is 1. The number of aromatic nitrogens is 4. The van der Waals surface area contributed by atoms with E-state index in [4.69, 9.17) is 22.1 Å². The van der Waals surface area contributed by atoms with Gasteiger partial charge in [0.15, 0.2) is 12.0 Å². The van der Waals surface area contributed by atoms with Crippen molar-refractivity contribution in [2.75, 3.05) is 6.61 Å². The molecule has 0 bridgehead atoms. The van der Waals surface area contributed by atoms with Crippen molar-refractivity contribution in [3.8, 4) is 22.5 Å². The van der Waals surface area contributed by atoms with Crippen molar-refractivity contribution in [2.45, 2.75) is 37.4 Å². The molecule has 2 aromatic heterocycles. The number of fused-ring (bicyclic) bond motifs is 3. The van der Waals surface area contributed by atoms with Crippen LogP contribution in [0.2, 0.25) is 5.02 Å². The molecule has 4 heterocycles. The van der Waals surface area contributed by atoms with Crippen LogP contribution in [0.1, 0.15) is 62.9 Å². The number of nitrogens with zero attached hydrogens (tertiary/aromatic N) is 4. The van der Waals surface area contributed by atoms with Crippen molar-refractivity contribution in [3.63, 3.8) is 0 Å². The molecule has 2 amide bonds. The molecular formula is C32H24ClF5N6O4. The Labute approximate surface area is 272 Å². The first-order valence-electron chi connectivity index (χ1n) is 14.6. The number of ether oxygens (including phenoxy) is 1. The van der Waals surface area contributed by atoms with Gasteiger partial charge in [0.05, 0.1) is 28.1 Å². The summed E-state index contributed by atoms with van der Waals surface area (Å²) in [5.74, 6) is -4.71. The summed E-state index contributed by atoms with van der Waals surface area (Å²) in [4.78, 5) is 26.5. The molecule has 3 aromatic carbocycles. The van der Waals surface area contributed by atoms with Gasteiger partial charge in [0, 0.05) is 47.0 Å². The Balaban J connectivity index is 1.65. The van der Waals surface area contributed by atoms with Crippen LogP contribution < -0.4 is 11.1 Å². The zero-order valence-corrected chi connectivity index (χ0v) is 25.6. The Kier molecular flexibility index (Phi) is 7.34. The highest BCUT2D eigenvalue weighted by Gasteiger charge is 2.50. The fourth-order valence-corrected chi connectivity index (χ4v) is 6.91. The number of halogens is 6. The van der Waals surface area contributed by atoms with Crippen molar-refractivity contribution in [1.82, 2.24) is 24.9 Å². The summed E-state index contributed by atoms with van der Waals surface area (Å²) in [6.07, 6.45) is -1.89. The van der Waals surface area contributed by atoms with E-state index in [0.29, 0.717) is 30.5 Å². The molecule has 0 saturated carbocycles. The molecular weight excluding hydrogens is 663 g/mol. The zero-order chi connectivity index (χ0) is 34.3. The monoisotopic (exact) mass is 686 g/mol. The van der Waals surface area contributed by atoms with Crippen molar-refractivity contribution >= 4 is 34.3 Å². The van der Waals surface area contributed by atoms with Gasteiger partial charge in [-0.05, 0) is 67.3 Å². The van der Waals surface area contributed by atoms with E-state index in [9.17, 15) is 36.6 Å². The van der Waals surface area contributed by atoms with Crippen LogP contribution >= 0.6 is 11.6 Å². The van der Waals surface area contributed by atoms with E-state index in [0.717, 1.165) is 31.0 Å². The lowest BCUT2D eigenvalue weighted by atomic mass is 9.82. The number of aliphatic hydroxyl groups is 1. The number of nitrogens with one attached hydrogen (secondary N) is 1. The van der Waals surface area contributed by atoms with Gasteiger partial charge in [-0.15, -0.1) is 0 Å². The lowest BCUT2D eigenvalue weighted by Gasteiger charge is -2.29. The molecule has 2 atom stereocenters. The van der Waals surface area contributed by atoms with E-state index in [1.807, 2.05) is 0 Å². The minimum absolute atomic E-state index is 0.0548. The Hall–Kier alpha value is -4.86. The molecule has 4 N–H and O–H groups in total. The average Bonchev–Trinajstić information content (AvgIpc) is 3.71. The summed E-state index contributed by atoms with van der Waals surface area (Å²) in [5, 5.41) is 23.4. The standard InChI is InChI=1S/C32H24ClF5N6O4/c1-43-28(22-7-8-40-44(22)23-4-2-3-9-48-23)18-13-16(24-17(29(39)45)10-15(35)12-20(24)32(36,37)38)26-25(27(18)42-43)30(46)41-31(26,47)19-11-14(34)5-6-21(19)33/h5-8,10-13,23,47H,2-4,9H2,1H3,(H2,39,45)(H,41,46). The summed E-state index contributed by atoms with van der Waals surface area (Å²) in [7, 11) is 1.54. The molecule has 1 fully saturated rings. The van der Waals surface area contributed by atoms with Crippen LogP contribution in [-0.4, -0.2) is 43.1 Å². The number of primary amides is 1. The zero-order valence-electron chi connectivity index (χ0n) is 24.8. The topological polar surface area (TPSA) is 137 Å². The third-order valence-corrected chi connectivity index (χ3v) is 8.94. The smallest absolute Gasteiger partial charge is 0.366 e. The van der Waals surface area contributed by atoms with Crippen molar-refractivity contribution in [2.24, 2.45) is 12.8 Å². The van der Waals surface area contributed by atoms with Gasteiger partial charge in [0.25, 0.3) is 5.91 Å². The molecule has 2 aliphatic heterocycles. The summed E-state index contributed by atoms with van der Waals surface area (Å²) in [6.45, 7) is 0.482. The summed E-state index contributed by atoms with van der Waals surface area (Å²) < 4.78 is 82.3. The van der Waals surface area contributed by atoms with Crippen molar-refractivity contribution in [1.29, 1.82) is 0 Å². The van der Waals surface area contributed by atoms with Crippen molar-refractivity contribution < 1.29 is 41.4 Å². The Morgan fingerprint density at radius 3 is 2.58 bits per heavy atom. The molecule has 7 rings (SSSR count). The molecule has 248 valence electrons. The van der Waals surface area contributed by atoms with Crippen molar-refractivity contribution in [3.05, 3.63) is 93.1 Å². The Morgan fingerprint density at radius 2 is 1.90 bits per heavy atom. The van der Waals surface area contributed by atoms with E-state index in [-0.39, 0.29) is 27.6 Å². The van der Waals surface area contributed by atoms with Crippen LogP contribution in [-0.2, 0) is 23.7 Å². The highest BCUT2D eigenvalue weighted by atomic mass is 35.5. The van der Waals surface area contributed by atoms with Gasteiger partial charge in [0.1, 0.15) is 17.2 Å².